The highest BCUT2D eigenvalue weighted by atomic mass is 35.5. The van der Waals surface area contributed by atoms with Crippen LogP contribution in [0.3, 0.4) is 0 Å². The third-order valence-electron chi connectivity index (χ3n) is 4.26. The van der Waals surface area contributed by atoms with Gasteiger partial charge >= 0.3 is 0 Å². The van der Waals surface area contributed by atoms with E-state index in [1.165, 1.54) is 17.8 Å². The Hall–Kier alpha value is -2.58. The summed E-state index contributed by atoms with van der Waals surface area (Å²) in [4.78, 5) is 9.22. The van der Waals surface area contributed by atoms with Crippen molar-refractivity contribution in [2.24, 2.45) is 0 Å². The summed E-state index contributed by atoms with van der Waals surface area (Å²) in [5.74, 6) is 1.72. The SMILES string of the molecule is COc1cc2nc(SCc3c(F)cccc3Cl)n3nc(C)nc3c2cc1OC. The summed E-state index contributed by atoms with van der Waals surface area (Å²) in [5.41, 5.74) is 1.75. The molecule has 0 aliphatic heterocycles. The van der Waals surface area contributed by atoms with Crippen molar-refractivity contribution in [3.8, 4) is 11.5 Å². The van der Waals surface area contributed by atoms with Gasteiger partial charge in [0, 0.05) is 27.8 Å². The molecule has 0 fully saturated rings. The normalized spacial score (nSPS) is 11.3. The first-order valence-electron chi connectivity index (χ1n) is 8.36. The molecule has 0 aliphatic carbocycles. The average Bonchev–Trinajstić information content (AvgIpc) is 3.08. The molecular formula is C19H16ClFN4O2S. The highest BCUT2D eigenvalue weighted by molar-refractivity contribution is 7.98. The molecule has 0 saturated carbocycles. The number of rotatable bonds is 5. The second kappa shape index (κ2) is 7.44. The zero-order valence-electron chi connectivity index (χ0n) is 15.4. The number of halogens is 2. The van der Waals surface area contributed by atoms with Gasteiger partial charge in [-0.15, -0.1) is 5.10 Å². The number of nitrogens with zero attached hydrogens (tertiary/aromatic N) is 4. The molecule has 0 unspecified atom stereocenters. The van der Waals surface area contributed by atoms with Crippen LogP contribution < -0.4 is 9.47 Å². The number of ether oxygens (including phenoxy) is 2. The van der Waals surface area contributed by atoms with Gasteiger partial charge in [-0.2, -0.15) is 4.52 Å². The molecule has 0 bridgehead atoms. The van der Waals surface area contributed by atoms with Crippen LogP contribution in [0, 0.1) is 12.7 Å². The van der Waals surface area contributed by atoms with Gasteiger partial charge < -0.3 is 9.47 Å². The van der Waals surface area contributed by atoms with E-state index in [2.05, 4.69) is 10.1 Å². The molecule has 0 atom stereocenters. The summed E-state index contributed by atoms with van der Waals surface area (Å²) < 4.78 is 26.5. The lowest BCUT2D eigenvalue weighted by molar-refractivity contribution is 0.355. The summed E-state index contributed by atoms with van der Waals surface area (Å²) >= 11 is 7.48. The zero-order chi connectivity index (χ0) is 19.8. The molecule has 4 aromatic rings. The van der Waals surface area contributed by atoms with E-state index in [9.17, 15) is 4.39 Å². The largest absolute Gasteiger partial charge is 0.493 e. The molecule has 9 heteroatoms. The summed E-state index contributed by atoms with van der Waals surface area (Å²) in [7, 11) is 3.14. The lowest BCUT2D eigenvalue weighted by Gasteiger charge is -2.11. The topological polar surface area (TPSA) is 61.5 Å². The number of methoxy groups -OCH3 is 2. The molecule has 4 rings (SSSR count). The van der Waals surface area contributed by atoms with Crippen molar-refractivity contribution < 1.29 is 13.9 Å². The molecule has 0 spiro atoms. The van der Waals surface area contributed by atoms with Crippen molar-refractivity contribution in [2.45, 2.75) is 17.8 Å². The smallest absolute Gasteiger partial charge is 0.191 e. The lowest BCUT2D eigenvalue weighted by atomic mass is 10.2. The fourth-order valence-corrected chi connectivity index (χ4v) is 4.20. The van der Waals surface area contributed by atoms with Gasteiger partial charge in [-0.05, 0) is 25.1 Å². The highest BCUT2D eigenvalue weighted by Gasteiger charge is 2.17. The van der Waals surface area contributed by atoms with E-state index in [1.807, 2.05) is 13.0 Å². The van der Waals surface area contributed by atoms with Crippen LogP contribution in [0.4, 0.5) is 4.39 Å². The van der Waals surface area contributed by atoms with Crippen LogP contribution in [0.5, 0.6) is 11.5 Å². The number of aromatic nitrogens is 4. The minimum atomic E-state index is -0.349. The monoisotopic (exact) mass is 418 g/mol. The van der Waals surface area contributed by atoms with Gasteiger partial charge in [-0.1, -0.05) is 29.4 Å². The van der Waals surface area contributed by atoms with Gasteiger partial charge in [0.2, 0.25) is 0 Å². The predicted octanol–water partition coefficient (Wildman–Crippen LogP) is 4.69. The standard InChI is InChI=1S/C19H16ClFN4O2S/c1-10-22-18-11-7-16(26-2)17(27-3)8-15(11)23-19(25(18)24-10)28-9-12-13(20)5-4-6-14(12)21/h4-8H,9H2,1-3H3. The fourth-order valence-electron chi connectivity index (χ4n) is 2.91. The molecule has 0 N–H and O–H groups in total. The molecular weight excluding hydrogens is 403 g/mol. The summed E-state index contributed by atoms with van der Waals surface area (Å²) in [6.07, 6.45) is 0. The second-order valence-electron chi connectivity index (χ2n) is 6.00. The Morgan fingerprint density at radius 3 is 2.61 bits per heavy atom. The van der Waals surface area contributed by atoms with E-state index in [0.29, 0.717) is 50.0 Å². The molecule has 0 amide bonds. The lowest BCUT2D eigenvalue weighted by Crippen LogP contribution is -2.00. The Morgan fingerprint density at radius 1 is 1.14 bits per heavy atom. The predicted molar refractivity (Wildman–Crippen MR) is 107 cm³/mol. The van der Waals surface area contributed by atoms with Gasteiger partial charge in [0.1, 0.15) is 11.6 Å². The third kappa shape index (κ3) is 3.22. The van der Waals surface area contributed by atoms with Gasteiger partial charge in [0.05, 0.1) is 19.7 Å². The molecule has 28 heavy (non-hydrogen) atoms. The van der Waals surface area contributed by atoms with Crippen molar-refractivity contribution >= 4 is 39.9 Å². The van der Waals surface area contributed by atoms with E-state index < -0.39 is 0 Å². The first kappa shape index (κ1) is 18.8. The van der Waals surface area contributed by atoms with Crippen molar-refractivity contribution in [1.29, 1.82) is 0 Å². The van der Waals surface area contributed by atoms with Gasteiger partial charge in [0.15, 0.2) is 22.3 Å². The maximum absolute atomic E-state index is 14.1. The maximum atomic E-state index is 14.1. The summed E-state index contributed by atoms with van der Waals surface area (Å²) in [5, 5.41) is 6.18. The Bertz CT molecular complexity index is 1180. The Kier molecular flexibility index (Phi) is 4.99. The number of aryl methyl sites for hydroxylation is 1. The number of benzene rings is 2. The van der Waals surface area contributed by atoms with Crippen molar-refractivity contribution in [1.82, 2.24) is 19.6 Å². The van der Waals surface area contributed by atoms with Crippen LogP contribution in [0.25, 0.3) is 16.6 Å². The van der Waals surface area contributed by atoms with Crippen LogP contribution in [0.2, 0.25) is 5.02 Å². The Balaban J connectivity index is 1.85. The van der Waals surface area contributed by atoms with Gasteiger partial charge in [0.25, 0.3) is 0 Å². The summed E-state index contributed by atoms with van der Waals surface area (Å²) in [6.45, 7) is 1.81. The zero-order valence-corrected chi connectivity index (χ0v) is 16.9. The number of hydrogen-bond acceptors (Lipinski definition) is 6. The number of hydrogen-bond donors (Lipinski definition) is 0. The van der Waals surface area contributed by atoms with E-state index in [0.717, 1.165) is 5.39 Å². The van der Waals surface area contributed by atoms with E-state index in [4.69, 9.17) is 26.1 Å². The Morgan fingerprint density at radius 2 is 1.89 bits per heavy atom. The number of thioether (sulfide) groups is 1. The molecule has 2 aromatic heterocycles. The minimum Gasteiger partial charge on any atom is -0.493 e. The molecule has 144 valence electrons. The van der Waals surface area contributed by atoms with Crippen LogP contribution >= 0.6 is 23.4 Å². The maximum Gasteiger partial charge on any atom is 0.191 e. The average molecular weight is 419 g/mol. The first-order valence-corrected chi connectivity index (χ1v) is 9.73. The van der Waals surface area contributed by atoms with Crippen molar-refractivity contribution in [3.63, 3.8) is 0 Å². The van der Waals surface area contributed by atoms with E-state index in [-0.39, 0.29) is 5.82 Å². The van der Waals surface area contributed by atoms with Crippen LogP contribution in [0.1, 0.15) is 11.4 Å². The molecule has 0 saturated heterocycles. The van der Waals surface area contributed by atoms with Crippen LogP contribution in [0.15, 0.2) is 35.5 Å². The second-order valence-corrected chi connectivity index (χ2v) is 7.35. The Labute approximate surface area is 169 Å². The molecule has 6 nitrogen and oxygen atoms in total. The summed E-state index contributed by atoms with van der Waals surface area (Å²) in [6, 6.07) is 8.26. The molecule has 0 aliphatic rings. The van der Waals surface area contributed by atoms with Gasteiger partial charge in [-0.3, -0.25) is 0 Å². The molecule has 2 heterocycles. The first-order chi connectivity index (χ1) is 13.5. The fraction of sp³-hybridized carbons (Fsp3) is 0.211. The number of fused-ring (bicyclic) bond motifs is 3. The quantitative estimate of drug-likeness (QED) is 0.346. The van der Waals surface area contributed by atoms with Crippen LogP contribution in [-0.2, 0) is 5.75 Å². The molecule has 2 aromatic carbocycles. The van der Waals surface area contributed by atoms with Crippen molar-refractivity contribution in [3.05, 3.63) is 52.6 Å². The van der Waals surface area contributed by atoms with Crippen LogP contribution in [-0.4, -0.2) is 33.8 Å². The molecule has 0 radical (unpaired) electrons. The van der Waals surface area contributed by atoms with Crippen molar-refractivity contribution in [2.75, 3.05) is 14.2 Å². The van der Waals surface area contributed by atoms with E-state index >= 15 is 0 Å². The van der Waals surface area contributed by atoms with E-state index in [1.54, 1.807) is 36.9 Å². The third-order valence-corrected chi connectivity index (χ3v) is 5.57. The highest BCUT2D eigenvalue weighted by Crippen LogP contribution is 2.35. The minimum absolute atomic E-state index is 0.311. The van der Waals surface area contributed by atoms with Gasteiger partial charge in [-0.25, -0.2) is 14.4 Å².